The molecule has 3 N–H and O–H groups in total. The Balaban J connectivity index is 0.00000101. The SMILES string of the molecule is CCOc1cc(CNc2ncc(-c3ccccc3)c(C)c2N)ccc1OC.CSC. The van der Waals surface area contributed by atoms with E-state index in [0.717, 1.165) is 33.8 Å². The number of hydrogen-bond donors (Lipinski definition) is 2. The van der Waals surface area contributed by atoms with Crippen molar-refractivity contribution in [3.63, 3.8) is 0 Å². The Labute approximate surface area is 184 Å². The number of rotatable bonds is 7. The van der Waals surface area contributed by atoms with Gasteiger partial charge in [-0.1, -0.05) is 36.4 Å². The van der Waals surface area contributed by atoms with Crippen LogP contribution < -0.4 is 20.5 Å². The largest absolute Gasteiger partial charge is 0.493 e. The van der Waals surface area contributed by atoms with Crippen molar-refractivity contribution in [1.82, 2.24) is 4.98 Å². The third-order valence-electron chi connectivity index (χ3n) is 4.46. The van der Waals surface area contributed by atoms with Crippen molar-refractivity contribution in [2.24, 2.45) is 0 Å². The number of hydrogen-bond acceptors (Lipinski definition) is 6. The van der Waals surface area contributed by atoms with Gasteiger partial charge in [-0.05, 0) is 55.2 Å². The van der Waals surface area contributed by atoms with Crippen molar-refractivity contribution < 1.29 is 9.47 Å². The fourth-order valence-corrected chi connectivity index (χ4v) is 2.95. The minimum Gasteiger partial charge on any atom is -0.493 e. The van der Waals surface area contributed by atoms with Crippen molar-refractivity contribution in [3.05, 3.63) is 65.9 Å². The molecular formula is C24H31N3O2S. The molecule has 0 aliphatic carbocycles. The molecule has 0 atom stereocenters. The van der Waals surface area contributed by atoms with Crippen molar-refractivity contribution in [2.75, 3.05) is 37.3 Å². The summed E-state index contributed by atoms with van der Waals surface area (Å²) in [6.07, 6.45) is 5.95. The number of nitrogens with one attached hydrogen (secondary N) is 1. The van der Waals surface area contributed by atoms with Crippen LogP contribution in [0, 0.1) is 6.92 Å². The monoisotopic (exact) mass is 425 g/mol. The number of methoxy groups -OCH3 is 1. The zero-order valence-electron chi connectivity index (χ0n) is 18.4. The maximum Gasteiger partial charge on any atom is 0.161 e. The van der Waals surface area contributed by atoms with Gasteiger partial charge in [0.1, 0.15) is 5.82 Å². The predicted molar refractivity (Wildman–Crippen MR) is 130 cm³/mol. The average Bonchev–Trinajstić information content (AvgIpc) is 2.76. The Morgan fingerprint density at radius 2 is 1.77 bits per heavy atom. The van der Waals surface area contributed by atoms with Gasteiger partial charge >= 0.3 is 0 Å². The molecule has 0 unspecified atom stereocenters. The zero-order chi connectivity index (χ0) is 21.9. The summed E-state index contributed by atoms with van der Waals surface area (Å²) in [5, 5.41) is 3.32. The standard InChI is InChI=1S/C22H25N3O2.C2H6S/c1-4-27-20-12-16(10-11-19(20)26-3)13-24-22-21(23)15(2)18(14-25-22)17-8-6-5-7-9-17;1-3-2/h5-12,14H,4,13,23H2,1-3H3,(H,24,25);1-2H3. The maximum absolute atomic E-state index is 6.34. The van der Waals surface area contributed by atoms with Crippen LogP contribution in [0.3, 0.4) is 0 Å². The predicted octanol–water partition coefficient (Wildman–Crippen LogP) is 5.64. The first-order valence-electron chi connectivity index (χ1n) is 9.79. The highest BCUT2D eigenvalue weighted by Crippen LogP contribution is 2.31. The summed E-state index contributed by atoms with van der Waals surface area (Å²) < 4.78 is 11.0. The summed E-state index contributed by atoms with van der Waals surface area (Å²) in [4.78, 5) is 4.53. The van der Waals surface area contributed by atoms with Crippen LogP contribution in [-0.2, 0) is 6.54 Å². The van der Waals surface area contributed by atoms with Crippen LogP contribution in [0.25, 0.3) is 11.1 Å². The first-order chi connectivity index (χ1) is 14.5. The van der Waals surface area contributed by atoms with Gasteiger partial charge in [-0.15, -0.1) is 0 Å². The Kier molecular flexibility index (Phi) is 9.35. The number of nitrogens with two attached hydrogens (primary N) is 1. The molecule has 0 fully saturated rings. The topological polar surface area (TPSA) is 69.4 Å². The van der Waals surface area contributed by atoms with Crippen LogP contribution in [0.15, 0.2) is 54.7 Å². The second-order valence-corrected chi connectivity index (χ2v) is 7.42. The molecule has 30 heavy (non-hydrogen) atoms. The Bertz CT molecular complexity index is 933. The average molecular weight is 426 g/mol. The van der Waals surface area contributed by atoms with Gasteiger partial charge < -0.3 is 20.5 Å². The Morgan fingerprint density at radius 1 is 1.07 bits per heavy atom. The van der Waals surface area contributed by atoms with E-state index in [1.165, 1.54) is 0 Å². The molecule has 1 heterocycles. The van der Waals surface area contributed by atoms with Gasteiger partial charge in [0.05, 0.1) is 19.4 Å². The highest BCUT2D eigenvalue weighted by molar-refractivity contribution is 7.97. The summed E-state index contributed by atoms with van der Waals surface area (Å²) in [5.74, 6) is 2.14. The van der Waals surface area contributed by atoms with Gasteiger partial charge in [-0.2, -0.15) is 11.8 Å². The van der Waals surface area contributed by atoms with Gasteiger partial charge in [-0.3, -0.25) is 0 Å². The lowest BCUT2D eigenvalue weighted by Gasteiger charge is -2.15. The maximum atomic E-state index is 6.34. The minimum absolute atomic E-state index is 0.585. The molecule has 6 heteroatoms. The number of thioether (sulfide) groups is 1. The molecule has 0 saturated heterocycles. The van der Waals surface area contributed by atoms with Crippen LogP contribution in [0.5, 0.6) is 11.5 Å². The molecule has 2 aromatic carbocycles. The highest BCUT2D eigenvalue weighted by atomic mass is 32.2. The van der Waals surface area contributed by atoms with Crippen LogP contribution in [0.4, 0.5) is 11.5 Å². The third-order valence-corrected chi connectivity index (χ3v) is 4.46. The van der Waals surface area contributed by atoms with E-state index in [-0.39, 0.29) is 0 Å². The minimum atomic E-state index is 0.585. The number of ether oxygens (including phenoxy) is 2. The zero-order valence-corrected chi connectivity index (χ0v) is 19.2. The third kappa shape index (κ3) is 6.07. The number of pyridine rings is 1. The van der Waals surface area contributed by atoms with Crippen LogP contribution in [-0.4, -0.2) is 31.2 Å². The summed E-state index contributed by atoms with van der Waals surface area (Å²) in [6, 6.07) is 16.0. The van der Waals surface area contributed by atoms with Gasteiger partial charge in [0, 0.05) is 18.3 Å². The second kappa shape index (κ2) is 12.0. The second-order valence-electron chi connectivity index (χ2n) is 6.61. The van der Waals surface area contributed by atoms with E-state index in [2.05, 4.69) is 22.4 Å². The molecule has 0 aliphatic heterocycles. The summed E-state index contributed by atoms with van der Waals surface area (Å²) in [5.41, 5.74) is 11.2. The molecule has 3 aromatic rings. The van der Waals surface area contributed by atoms with Crippen molar-refractivity contribution in [3.8, 4) is 22.6 Å². The normalized spacial score (nSPS) is 10.0. The van der Waals surface area contributed by atoms with Crippen molar-refractivity contribution >= 4 is 23.3 Å². The summed E-state index contributed by atoms with van der Waals surface area (Å²) in [6.45, 7) is 5.14. The lowest BCUT2D eigenvalue weighted by Crippen LogP contribution is -2.07. The summed E-state index contributed by atoms with van der Waals surface area (Å²) >= 11 is 1.75. The Morgan fingerprint density at radius 3 is 2.40 bits per heavy atom. The van der Waals surface area contributed by atoms with Crippen LogP contribution in [0.1, 0.15) is 18.1 Å². The van der Waals surface area contributed by atoms with Gasteiger partial charge in [0.2, 0.25) is 0 Å². The molecule has 0 spiro atoms. The smallest absolute Gasteiger partial charge is 0.161 e. The molecular weight excluding hydrogens is 394 g/mol. The first-order valence-corrected chi connectivity index (χ1v) is 11.4. The number of anilines is 2. The van der Waals surface area contributed by atoms with Crippen LogP contribution in [0.2, 0.25) is 0 Å². The lowest BCUT2D eigenvalue weighted by molar-refractivity contribution is 0.310. The molecule has 1 aromatic heterocycles. The van der Waals surface area contributed by atoms with Crippen molar-refractivity contribution in [1.29, 1.82) is 0 Å². The number of nitrogens with zero attached hydrogens (tertiary/aromatic N) is 1. The molecule has 0 radical (unpaired) electrons. The van der Waals surface area contributed by atoms with Crippen molar-refractivity contribution in [2.45, 2.75) is 20.4 Å². The van der Waals surface area contributed by atoms with E-state index in [4.69, 9.17) is 15.2 Å². The molecule has 5 nitrogen and oxygen atoms in total. The van der Waals surface area contributed by atoms with Gasteiger partial charge in [0.25, 0.3) is 0 Å². The number of nitrogen functional groups attached to an aromatic ring is 1. The molecule has 160 valence electrons. The number of aromatic nitrogens is 1. The lowest BCUT2D eigenvalue weighted by atomic mass is 10.0. The molecule has 0 saturated carbocycles. The highest BCUT2D eigenvalue weighted by Gasteiger charge is 2.11. The fourth-order valence-electron chi connectivity index (χ4n) is 2.95. The van der Waals surface area contributed by atoms with Crippen LogP contribution >= 0.6 is 11.8 Å². The van der Waals surface area contributed by atoms with Gasteiger partial charge in [-0.25, -0.2) is 4.98 Å². The van der Waals surface area contributed by atoms with E-state index >= 15 is 0 Å². The number of benzene rings is 2. The van der Waals surface area contributed by atoms with E-state index in [1.807, 2.05) is 69.0 Å². The van der Waals surface area contributed by atoms with E-state index in [1.54, 1.807) is 18.9 Å². The van der Waals surface area contributed by atoms with E-state index in [0.29, 0.717) is 24.7 Å². The first kappa shape index (κ1) is 23.4. The Hall–Kier alpha value is -2.86. The molecule has 0 amide bonds. The van der Waals surface area contributed by atoms with Gasteiger partial charge in [0.15, 0.2) is 11.5 Å². The van der Waals surface area contributed by atoms with E-state index in [9.17, 15) is 0 Å². The van der Waals surface area contributed by atoms with E-state index < -0.39 is 0 Å². The molecule has 0 aliphatic rings. The summed E-state index contributed by atoms with van der Waals surface area (Å²) in [7, 11) is 1.64. The molecule has 3 rings (SSSR count). The fraction of sp³-hybridized carbons (Fsp3) is 0.292. The quantitative estimate of drug-likeness (QED) is 0.511. The molecule has 0 bridgehead atoms.